The normalized spacial score (nSPS) is 18.0. The van der Waals surface area contributed by atoms with Crippen LogP contribution in [0, 0.1) is 6.92 Å². The van der Waals surface area contributed by atoms with Gasteiger partial charge in [0.15, 0.2) is 0 Å². The van der Waals surface area contributed by atoms with E-state index in [-0.39, 0.29) is 6.04 Å². The van der Waals surface area contributed by atoms with Crippen molar-refractivity contribution in [3.8, 4) is 0 Å². The predicted octanol–water partition coefficient (Wildman–Crippen LogP) is 4.39. The number of hydrogen-bond acceptors (Lipinski definition) is 3. The molecule has 5 heteroatoms. The van der Waals surface area contributed by atoms with Gasteiger partial charge in [-0.2, -0.15) is 15.6 Å². The SMILES string of the molecule is Cc1cccc(S(=O)(=O)N2CCc3ccccc3C2c2ccsc2)c1. The van der Waals surface area contributed by atoms with Gasteiger partial charge >= 0.3 is 0 Å². The summed E-state index contributed by atoms with van der Waals surface area (Å²) in [6.07, 6.45) is 0.738. The van der Waals surface area contributed by atoms with E-state index in [0.717, 1.165) is 23.1 Å². The lowest BCUT2D eigenvalue weighted by Gasteiger charge is -2.36. The van der Waals surface area contributed by atoms with Crippen LogP contribution >= 0.6 is 11.3 Å². The standard InChI is InChI=1S/C20H19NO2S2/c1-15-5-4-7-18(13-15)25(22,23)21-11-9-16-6-2-3-8-19(16)20(21)17-10-12-24-14-17/h2-8,10,12-14,20H,9,11H2,1H3. The van der Waals surface area contributed by atoms with E-state index in [0.29, 0.717) is 11.4 Å². The molecule has 4 rings (SSSR count). The van der Waals surface area contributed by atoms with Gasteiger partial charge in [-0.1, -0.05) is 36.4 Å². The molecule has 1 atom stereocenters. The monoisotopic (exact) mass is 369 g/mol. The Kier molecular flexibility index (Phi) is 4.23. The molecule has 128 valence electrons. The second kappa shape index (κ2) is 6.41. The highest BCUT2D eigenvalue weighted by Crippen LogP contribution is 2.39. The Bertz CT molecular complexity index is 994. The molecule has 1 aromatic heterocycles. The molecule has 0 aliphatic carbocycles. The van der Waals surface area contributed by atoms with Gasteiger partial charge in [-0.25, -0.2) is 8.42 Å². The molecule has 0 saturated heterocycles. The van der Waals surface area contributed by atoms with E-state index in [1.54, 1.807) is 33.8 Å². The molecule has 1 aliphatic heterocycles. The maximum absolute atomic E-state index is 13.4. The third-order valence-electron chi connectivity index (χ3n) is 4.69. The zero-order valence-electron chi connectivity index (χ0n) is 13.9. The van der Waals surface area contributed by atoms with E-state index >= 15 is 0 Å². The van der Waals surface area contributed by atoms with E-state index in [9.17, 15) is 8.42 Å². The van der Waals surface area contributed by atoms with Crippen LogP contribution in [0.4, 0.5) is 0 Å². The zero-order chi connectivity index (χ0) is 17.4. The number of benzene rings is 2. The average Bonchev–Trinajstić information content (AvgIpc) is 3.15. The van der Waals surface area contributed by atoms with Gasteiger partial charge in [0.1, 0.15) is 0 Å². The summed E-state index contributed by atoms with van der Waals surface area (Å²) in [4.78, 5) is 0.368. The fraction of sp³-hybridized carbons (Fsp3) is 0.200. The lowest BCUT2D eigenvalue weighted by molar-refractivity contribution is 0.344. The molecule has 0 spiro atoms. The molecule has 1 aliphatic rings. The minimum absolute atomic E-state index is 0.262. The van der Waals surface area contributed by atoms with E-state index in [1.165, 1.54) is 5.56 Å². The number of aryl methyl sites for hydroxylation is 1. The van der Waals surface area contributed by atoms with Crippen LogP contribution in [0.25, 0.3) is 0 Å². The summed E-state index contributed by atoms with van der Waals surface area (Å²) in [5.41, 5.74) is 4.30. The lowest BCUT2D eigenvalue weighted by atomic mass is 9.91. The van der Waals surface area contributed by atoms with Crippen molar-refractivity contribution in [3.05, 3.63) is 87.6 Å². The Morgan fingerprint density at radius 2 is 1.92 bits per heavy atom. The molecule has 2 aromatic carbocycles. The van der Waals surface area contributed by atoms with Gasteiger partial charge in [-0.15, -0.1) is 0 Å². The Morgan fingerprint density at radius 1 is 1.08 bits per heavy atom. The number of thiophene rings is 1. The lowest BCUT2D eigenvalue weighted by Crippen LogP contribution is -2.40. The second-order valence-electron chi connectivity index (χ2n) is 6.34. The van der Waals surface area contributed by atoms with Crippen LogP contribution in [-0.2, 0) is 16.4 Å². The van der Waals surface area contributed by atoms with Gasteiger partial charge in [0, 0.05) is 6.54 Å². The first-order valence-electron chi connectivity index (χ1n) is 8.26. The van der Waals surface area contributed by atoms with Gasteiger partial charge in [0.25, 0.3) is 0 Å². The van der Waals surface area contributed by atoms with Crippen molar-refractivity contribution in [2.24, 2.45) is 0 Å². The zero-order valence-corrected chi connectivity index (χ0v) is 15.6. The van der Waals surface area contributed by atoms with Crippen LogP contribution in [0.5, 0.6) is 0 Å². The fourth-order valence-electron chi connectivity index (χ4n) is 3.49. The predicted molar refractivity (Wildman–Crippen MR) is 101 cm³/mol. The third-order valence-corrected chi connectivity index (χ3v) is 7.26. The van der Waals surface area contributed by atoms with Gasteiger partial charge < -0.3 is 0 Å². The maximum Gasteiger partial charge on any atom is 0.243 e. The summed E-state index contributed by atoms with van der Waals surface area (Å²) in [6, 6.07) is 17.1. The topological polar surface area (TPSA) is 37.4 Å². The number of sulfonamides is 1. The highest BCUT2D eigenvalue weighted by Gasteiger charge is 2.37. The molecule has 0 N–H and O–H groups in total. The summed E-state index contributed by atoms with van der Waals surface area (Å²) in [5, 5.41) is 4.05. The van der Waals surface area contributed by atoms with Crippen molar-refractivity contribution in [2.75, 3.05) is 6.54 Å². The first-order valence-corrected chi connectivity index (χ1v) is 10.6. The van der Waals surface area contributed by atoms with Gasteiger partial charge in [-0.3, -0.25) is 0 Å². The van der Waals surface area contributed by atoms with Gasteiger partial charge in [0.2, 0.25) is 10.0 Å². The van der Waals surface area contributed by atoms with Crippen LogP contribution in [0.1, 0.15) is 28.3 Å². The van der Waals surface area contributed by atoms with Crippen LogP contribution in [0.3, 0.4) is 0 Å². The van der Waals surface area contributed by atoms with Crippen LogP contribution < -0.4 is 0 Å². The number of hydrogen-bond donors (Lipinski definition) is 0. The molecule has 0 amide bonds. The molecule has 3 nitrogen and oxygen atoms in total. The van der Waals surface area contributed by atoms with Crippen LogP contribution in [0.2, 0.25) is 0 Å². The number of nitrogens with zero attached hydrogens (tertiary/aromatic N) is 1. The van der Waals surface area contributed by atoms with Crippen LogP contribution in [0.15, 0.2) is 70.3 Å². The van der Waals surface area contributed by atoms with Crippen molar-refractivity contribution in [1.29, 1.82) is 0 Å². The van der Waals surface area contributed by atoms with Crippen LogP contribution in [-0.4, -0.2) is 19.3 Å². The molecule has 0 radical (unpaired) electrons. The summed E-state index contributed by atoms with van der Waals surface area (Å²) >= 11 is 1.60. The van der Waals surface area contributed by atoms with Crippen molar-refractivity contribution in [3.63, 3.8) is 0 Å². The quantitative estimate of drug-likeness (QED) is 0.686. The molecule has 25 heavy (non-hydrogen) atoms. The smallest absolute Gasteiger partial charge is 0.207 e. The van der Waals surface area contributed by atoms with Crippen molar-refractivity contribution < 1.29 is 8.42 Å². The number of fused-ring (bicyclic) bond motifs is 1. The third kappa shape index (κ3) is 2.92. The summed E-state index contributed by atoms with van der Waals surface area (Å²) in [6.45, 7) is 2.41. The van der Waals surface area contributed by atoms with E-state index in [4.69, 9.17) is 0 Å². The Hall–Kier alpha value is -1.95. The van der Waals surface area contributed by atoms with Crippen molar-refractivity contribution in [2.45, 2.75) is 24.3 Å². The minimum atomic E-state index is -3.56. The summed E-state index contributed by atoms with van der Waals surface area (Å²) in [7, 11) is -3.56. The first-order chi connectivity index (χ1) is 12.1. The molecule has 0 fully saturated rings. The molecule has 1 unspecified atom stereocenters. The van der Waals surface area contributed by atoms with E-state index in [1.807, 2.05) is 41.9 Å². The molecule has 0 saturated carbocycles. The molecular formula is C20H19NO2S2. The summed E-state index contributed by atoms with van der Waals surface area (Å²) < 4.78 is 28.4. The van der Waals surface area contributed by atoms with Crippen molar-refractivity contribution >= 4 is 21.4 Å². The van der Waals surface area contributed by atoms with Gasteiger partial charge in [-0.05, 0) is 64.6 Å². The Labute approximate surface area is 152 Å². The van der Waals surface area contributed by atoms with Gasteiger partial charge in [0.05, 0.1) is 10.9 Å². The fourth-order valence-corrected chi connectivity index (χ4v) is 5.87. The number of rotatable bonds is 3. The molecule has 0 bridgehead atoms. The molecule has 3 aromatic rings. The average molecular weight is 370 g/mol. The van der Waals surface area contributed by atoms with Crippen molar-refractivity contribution in [1.82, 2.24) is 4.31 Å². The minimum Gasteiger partial charge on any atom is -0.207 e. The van der Waals surface area contributed by atoms with E-state index < -0.39 is 10.0 Å². The maximum atomic E-state index is 13.4. The highest BCUT2D eigenvalue weighted by atomic mass is 32.2. The highest BCUT2D eigenvalue weighted by molar-refractivity contribution is 7.89. The Balaban J connectivity index is 1.86. The molecular weight excluding hydrogens is 350 g/mol. The second-order valence-corrected chi connectivity index (χ2v) is 9.01. The molecule has 2 heterocycles. The largest absolute Gasteiger partial charge is 0.243 e. The first kappa shape index (κ1) is 16.5. The summed E-state index contributed by atoms with van der Waals surface area (Å²) in [5.74, 6) is 0. The van der Waals surface area contributed by atoms with E-state index in [2.05, 4.69) is 12.1 Å². The Morgan fingerprint density at radius 3 is 2.68 bits per heavy atom.